The average Bonchev–Trinajstić information content (AvgIpc) is 2.98. The van der Waals surface area contributed by atoms with E-state index in [0.717, 1.165) is 6.42 Å². The maximum absolute atomic E-state index is 5.67. The van der Waals surface area contributed by atoms with Crippen molar-refractivity contribution in [1.82, 2.24) is 5.32 Å². The minimum absolute atomic E-state index is 0.656. The topological polar surface area (TPSA) is 21.3 Å². The minimum Gasteiger partial charge on any atom is -0.496 e. The molecular weight excluding hydrogens is 210 g/mol. The summed E-state index contributed by atoms with van der Waals surface area (Å²) in [6.07, 6.45) is 7.46. The molecule has 1 heterocycles. The molecule has 17 heavy (non-hydrogen) atoms. The third-order valence-electron chi connectivity index (χ3n) is 4.14. The van der Waals surface area contributed by atoms with Crippen LogP contribution < -0.4 is 10.1 Å². The Morgan fingerprint density at radius 1 is 1.29 bits per heavy atom. The van der Waals surface area contributed by atoms with Gasteiger partial charge < -0.3 is 10.1 Å². The Balaban J connectivity index is 1.88. The Hall–Kier alpha value is -1.02. The number of hydrogen-bond acceptors (Lipinski definition) is 2. The van der Waals surface area contributed by atoms with Crippen LogP contribution in [0.15, 0.2) is 12.1 Å². The predicted molar refractivity (Wildman–Crippen MR) is 69.7 cm³/mol. The highest BCUT2D eigenvalue weighted by molar-refractivity contribution is 5.49. The van der Waals surface area contributed by atoms with Gasteiger partial charge in [-0.3, -0.25) is 0 Å². The van der Waals surface area contributed by atoms with E-state index in [1.807, 2.05) is 7.11 Å². The lowest BCUT2D eigenvalue weighted by Gasteiger charge is -2.16. The number of nitrogens with one attached hydrogen (secondary N) is 1. The van der Waals surface area contributed by atoms with Gasteiger partial charge >= 0.3 is 0 Å². The van der Waals surface area contributed by atoms with E-state index >= 15 is 0 Å². The highest BCUT2D eigenvalue weighted by atomic mass is 16.5. The molecule has 2 aliphatic rings. The van der Waals surface area contributed by atoms with E-state index in [4.69, 9.17) is 4.74 Å². The summed E-state index contributed by atoms with van der Waals surface area (Å²) in [6, 6.07) is 5.25. The van der Waals surface area contributed by atoms with Crippen molar-refractivity contribution in [1.29, 1.82) is 0 Å². The van der Waals surface area contributed by atoms with Gasteiger partial charge in [-0.2, -0.15) is 0 Å². The second kappa shape index (κ2) is 4.69. The van der Waals surface area contributed by atoms with Crippen LogP contribution in [0, 0.1) is 0 Å². The molecule has 92 valence electrons. The van der Waals surface area contributed by atoms with E-state index in [1.165, 1.54) is 61.1 Å². The first-order chi connectivity index (χ1) is 8.38. The van der Waals surface area contributed by atoms with Crippen LogP contribution >= 0.6 is 0 Å². The fourth-order valence-corrected chi connectivity index (χ4v) is 3.29. The summed E-state index contributed by atoms with van der Waals surface area (Å²) >= 11 is 0. The maximum Gasteiger partial charge on any atom is 0.125 e. The van der Waals surface area contributed by atoms with Gasteiger partial charge in [-0.05, 0) is 61.8 Å². The SMILES string of the molecule is COc1c(CC2CCCN2)ccc2c1CCC2. The fourth-order valence-electron chi connectivity index (χ4n) is 3.29. The van der Waals surface area contributed by atoms with Crippen molar-refractivity contribution in [3.05, 3.63) is 28.8 Å². The third-order valence-corrected chi connectivity index (χ3v) is 4.14. The molecule has 1 aromatic carbocycles. The van der Waals surface area contributed by atoms with Crippen molar-refractivity contribution in [2.75, 3.05) is 13.7 Å². The molecule has 1 aromatic rings. The molecule has 0 amide bonds. The molecular formula is C15H21NO. The van der Waals surface area contributed by atoms with E-state index in [0.29, 0.717) is 6.04 Å². The smallest absolute Gasteiger partial charge is 0.125 e. The summed E-state index contributed by atoms with van der Waals surface area (Å²) in [4.78, 5) is 0. The van der Waals surface area contributed by atoms with Crippen LogP contribution in [0.4, 0.5) is 0 Å². The molecule has 1 fully saturated rings. The van der Waals surface area contributed by atoms with Crippen LogP contribution in [0.1, 0.15) is 36.0 Å². The van der Waals surface area contributed by atoms with Crippen molar-refractivity contribution in [2.24, 2.45) is 0 Å². The predicted octanol–water partition coefficient (Wildman–Crippen LogP) is 2.48. The van der Waals surface area contributed by atoms with Crippen LogP contribution in [0.5, 0.6) is 5.75 Å². The second-order valence-corrected chi connectivity index (χ2v) is 5.25. The van der Waals surface area contributed by atoms with Crippen LogP contribution in [-0.2, 0) is 19.3 Å². The van der Waals surface area contributed by atoms with E-state index in [-0.39, 0.29) is 0 Å². The standard InChI is InChI=1S/C15H21NO/c1-17-15-12(10-13-5-3-9-16-13)8-7-11-4-2-6-14(11)15/h7-8,13,16H,2-6,9-10H2,1H3. The molecule has 0 bridgehead atoms. The number of aryl methyl sites for hydroxylation is 1. The number of rotatable bonds is 3. The Morgan fingerprint density at radius 3 is 3.00 bits per heavy atom. The summed E-state index contributed by atoms with van der Waals surface area (Å²) in [5.74, 6) is 1.17. The quantitative estimate of drug-likeness (QED) is 0.863. The number of benzene rings is 1. The van der Waals surface area contributed by atoms with Crippen LogP contribution in [-0.4, -0.2) is 19.7 Å². The summed E-state index contributed by atoms with van der Waals surface area (Å²) in [5, 5.41) is 3.57. The second-order valence-electron chi connectivity index (χ2n) is 5.25. The maximum atomic E-state index is 5.67. The van der Waals surface area contributed by atoms with Crippen molar-refractivity contribution >= 4 is 0 Å². The lowest BCUT2D eigenvalue weighted by atomic mass is 9.98. The Labute approximate surface area is 103 Å². The van der Waals surface area contributed by atoms with E-state index in [9.17, 15) is 0 Å². The molecule has 1 saturated heterocycles. The van der Waals surface area contributed by atoms with E-state index in [2.05, 4.69) is 17.4 Å². The molecule has 0 spiro atoms. The number of methoxy groups -OCH3 is 1. The number of ether oxygens (including phenoxy) is 1. The summed E-state index contributed by atoms with van der Waals surface area (Å²) in [5.41, 5.74) is 4.38. The molecule has 1 atom stereocenters. The zero-order chi connectivity index (χ0) is 11.7. The number of hydrogen-bond donors (Lipinski definition) is 1. The van der Waals surface area contributed by atoms with Gasteiger partial charge in [0.15, 0.2) is 0 Å². The van der Waals surface area contributed by atoms with Gasteiger partial charge in [0.05, 0.1) is 7.11 Å². The molecule has 2 nitrogen and oxygen atoms in total. The molecule has 0 radical (unpaired) electrons. The molecule has 3 rings (SSSR count). The molecule has 0 saturated carbocycles. The molecule has 1 aliphatic carbocycles. The average molecular weight is 231 g/mol. The van der Waals surface area contributed by atoms with Crippen molar-refractivity contribution < 1.29 is 4.74 Å². The first-order valence-corrected chi connectivity index (χ1v) is 6.79. The van der Waals surface area contributed by atoms with Crippen LogP contribution in [0.3, 0.4) is 0 Å². The van der Waals surface area contributed by atoms with Gasteiger partial charge in [0.1, 0.15) is 5.75 Å². The summed E-state index contributed by atoms with van der Waals surface area (Å²) in [7, 11) is 1.82. The van der Waals surface area contributed by atoms with Gasteiger partial charge in [-0.25, -0.2) is 0 Å². The normalized spacial score (nSPS) is 22.8. The Morgan fingerprint density at radius 2 is 2.24 bits per heavy atom. The minimum atomic E-state index is 0.656. The highest BCUT2D eigenvalue weighted by Crippen LogP contribution is 2.34. The zero-order valence-corrected chi connectivity index (χ0v) is 10.6. The van der Waals surface area contributed by atoms with E-state index in [1.54, 1.807) is 0 Å². The van der Waals surface area contributed by atoms with Gasteiger partial charge in [0.2, 0.25) is 0 Å². The Kier molecular flexibility index (Phi) is 3.06. The Bertz CT molecular complexity index is 408. The van der Waals surface area contributed by atoms with Gasteiger partial charge in [0.25, 0.3) is 0 Å². The molecule has 0 aromatic heterocycles. The number of fused-ring (bicyclic) bond motifs is 1. The fraction of sp³-hybridized carbons (Fsp3) is 0.600. The largest absolute Gasteiger partial charge is 0.496 e. The monoisotopic (exact) mass is 231 g/mol. The first-order valence-electron chi connectivity index (χ1n) is 6.79. The third kappa shape index (κ3) is 2.06. The summed E-state index contributed by atoms with van der Waals surface area (Å²) in [6.45, 7) is 1.18. The zero-order valence-electron chi connectivity index (χ0n) is 10.6. The van der Waals surface area contributed by atoms with Crippen LogP contribution in [0.25, 0.3) is 0 Å². The van der Waals surface area contributed by atoms with Gasteiger partial charge in [-0.1, -0.05) is 12.1 Å². The van der Waals surface area contributed by atoms with E-state index < -0.39 is 0 Å². The molecule has 1 N–H and O–H groups in total. The van der Waals surface area contributed by atoms with Crippen molar-refractivity contribution in [3.63, 3.8) is 0 Å². The summed E-state index contributed by atoms with van der Waals surface area (Å²) < 4.78 is 5.67. The highest BCUT2D eigenvalue weighted by Gasteiger charge is 2.21. The lowest BCUT2D eigenvalue weighted by Crippen LogP contribution is -2.24. The molecule has 2 heteroatoms. The molecule has 1 aliphatic heterocycles. The lowest BCUT2D eigenvalue weighted by molar-refractivity contribution is 0.402. The van der Waals surface area contributed by atoms with Crippen molar-refractivity contribution in [3.8, 4) is 5.75 Å². The molecule has 1 unspecified atom stereocenters. The van der Waals surface area contributed by atoms with Crippen molar-refractivity contribution in [2.45, 2.75) is 44.6 Å². The first kappa shape index (κ1) is 11.1. The van der Waals surface area contributed by atoms with Gasteiger partial charge in [0, 0.05) is 6.04 Å². The van der Waals surface area contributed by atoms with Crippen LogP contribution in [0.2, 0.25) is 0 Å². The van der Waals surface area contributed by atoms with Gasteiger partial charge in [-0.15, -0.1) is 0 Å².